The van der Waals surface area contributed by atoms with E-state index in [2.05, 4.69) is 9.71 Å². The van der Waals surface area contributed by atoms with Gasteiger partial charge in [0, 0.05) is 23.7 Å². The first-order valence-corrected chi connectivity index (χ1v) is 12.9. The highest BCUT2D eigenvalue weighted by molar-refractivity contribution is 7.93. The lowest BCUT2D eigenvalue weighted by molar-refractivity contribution is 0.0149. The van der Waals surface area contributed by atoms with E-state index in [1.54, 1.807) is 10.3 Å². The number of carbonyl (C=O) groups is 1. The average molecular weight is 472 g/mol. The normalized spacial score (nSPS) is 18.8. The number of carbonyl (C=O) groups excluding carboxylic acids is 1. The molecule has 1 aromatic heterocycles. The summed E-state index contributed by atoms with van der Waals surface area (Å²) in [5.74, 6) is -0.225. The van der Waals surface area contributed by atoms with E-state index in [0.29, 0.717) is 18.5 Å². The third-order valence-electron chi connectivity index (χ3n) is 5.62. The Hall–Kier alpha value is -2.75. The van der Waals surface area contributed by atoms with Gasteiger partial charge in [-0.25, -0.2) is 13.4 Å². The van der Waals surface area contributed by atoms with Crippen molar-refractivity contribution in [3.8, 4) is 0 Å². The highest BCUT2D eigenvalue weighted by atomic mass is 32.2. The van der Waals surface area contributed by atoms with E-state index in [-0.39, 0.29) is 22.0 Å². The second-order valence-electron chi connectivity index (χ2n) is 7.80. The monoisotopic (exact) mass is 471 g/mol. The first-order valence-electron chi connectivity index (χ1n) is 10.5. The molecule has 1 fully saturated rings. The fraction of sp³-hybridized carbons (Fsp3) is 0.304. The van der Waals surface area contributed by atoms with E-state index in [0.717, 1.165) is 24.8 Å². The molecule has 1 saturated carbocycles. The minimum Gasteiger partial charge on any atom is -0.391 e. The van der Waals surface area contributed by atoms with Crippen LogP contribution in [-0.4, -0.2) is 41.5 Å². The largest absolute Gasteiger partial charge is 0.391 e. The summed E-state index contributed by atoms with van der Waals surface area (Å²) < 4.78 is 27.6. The number of benzene rings is 2. The molecule has 2 atom stereocenters. The van der Waals surface area contributed by atoms with Crippen LogP contribution in [0, 0.1) is 0 Å². The van der Waals surface area contributed by atoms with Gasteiger partial charge in [0.15, 0.2) is 5.13 Å². The summed E-state index contributed by atoms with van der Waals surface area (Å²) >= 11 is 1.19. The zero-order chi connectivity index (χ0) is 22.6. The molecule has 0 radical (unpaired) electrons. The predicted octanol–water partition coefficient (Wildman–Crippen LogP) is 3.89. The third-order valence-corrected chi connectivity index (χ3v) is 7.79. The average Bonchev–Trinajstić information content (AvgIpc) is 3.31. The lowest BCUT2D eigenvalue weighted by atomic mass is 9.90. The van der Waals surface area contributed by atoms with E-state index in [1.165, 1.54) is 41.8 Å². The first kappa shape index (κ1) is 22.4. The van der Waals surface area contributed by atoms with Crippen molar-refractivity contribution < 1.29 is 18.3 Å². The van der Waals surface area contributed by atoms with Gasteiger partial charge in [-0.1, -0.05) is 43.2 Å². The molecule has 0 aliphatic heterocycles. The second-order valence-corrected chi connectivity index (χ2v) is 10.4. The van der Waals surface area contributed by atoms with Gasteiger partial charge in [-0.15, -0.1) is 11.3 Å². The van der Waals surface area contributed by atoms with Gasteiger partial charge in [0.25, 0.3) is 15.9 Å². The van der Waals surface area contributed by atoms with Crippen LogP contribution >= 0.6 is 11.3 Å². The number of anilines is 1. The Labute approximate surface area is 191 Å². The summed E-state index contributed by atoms with van der Waals surface area (Å²) in [6.45, 7) is 0.382. The van der Waals surface area contributed by atoms with Crippen LogP contribution in [0.2, 0.25) is 0 Å². The lowest BCUT2D eigenvalue weighted by Gasteiger charge is -2.38. The van der Waals surface area contributed by atoms with Crippen molar-refractivity contribution in [3.05, 3.63) is 77.3 Å². The van der Waals surface area contributed by atoms with Crippen LogP contribution in [0.5, 0.6) is 0 Å². The Kier molecular flexibility index (Phi) is 6.88. The van der Waals surface area contributed by atoms with Crippen molar-refractivity contribution in [1.29, 1.82) is 0 Å². The molecule has 2 aromatic carbocycles. The minimum atomic E-state index is -3.79. The summed E-state index contributed by atoms with van der Waals surface area (Å²) in [5, 5.41) is 12.6. The maximum atomic E-state index is 13.5. The van der Waals surface area contributed by atoms with Gasteiger partial charge in [-0.05, 0) is 42.7 Å². The zero-order valence-electron chi connectivity index (χ0n) is 17.4. The van der Waals surface area contributed by atoms with E-state index < -0.39 is 16.1 Å². The van der Waals surface area contributed by atoms with E-state index in [1.807, 2.05) is 30.3 Å². The van der Waals surface area contributed by atoms with Crippen molar-refractivity contribution in [2.24, 2.45) is 0 Å². The zero-order valence-corrected chi connectivity index (χ0v) is 19.1. The maximum absolute atomic E-state index is 13.5. The Morgan fingerprint density at radius 3 is 2.47 bits per heavy atom. The fourth-order valence-corrected chi connectivity index (χ4v) is 5.75. The Morgan fingerprint density at radius 2 is 1.81 bits per heavy atom. The molecule has 0 saturated heterocycles. The van der Waals surface area contributed by atoms with Crippen LogP contribution in [0.1, 0.15) is 41.6 Å². The Morgan fingerprint density at radius 1 is 1.09 bits per heavy atom. The molecule has 1 aliphatic carbocycles. The molecular formula is C23H25N3O4S2. The molecule has 3 aromatic rings. The van der Waals surface area contributed by atoms with Crippen LogP contribution in [0.4, 0.5) is 5.13 Å². The van der Waals surface area contributed by atoms with E-state index in [4.69, 9.17) is 0 Å². The highest BCUT2D eigenvalue weighted by Crippen LogP contribution is 2.27. The summed E-state index contributed by atoms with van der Waals surface area (Å²) in [7, 11) is -3.79. The molecule has 2 unspecified atom stereocenters. The quantitative estimate of drug-likeness (QED) is 0.545. The molecule has 9 heteroatoms. The summed E-state index contributed by atoms with van der Waals surface area (Å²) in [5.41, 5.74) is 1.36. The van der Waals surface area contributed by atoms with E-state index in [9.17, 15) is 18.3 Å². The predicted molar refractivity (Wildman–Crippen MR) is 124 cm³/mol. The van der Waals surface area contributed by atoms with Crippen molar-refractivity contribution in [2.75, 3.05) is 4.72 Å². The molecule has 0 bridgehead atoms. The minimum absolute atomic E-state index is 0.0524. The summed E-state index contributed by atoms with van der Waals surface area (Å²) in [6.07, 6.45) is 4.26. The number of amides is 1. The number of hydrogen-bond donors (Lipinski definition) is 2. The fourth-order valence-electron chi connectivity index (χ4n) is 3.97. The van der Waals surface area contributed by atoms with Crippen molar-refractivity contribution in [2.45, 2.75) is 49.3 Å². The number of hydrogen-bond acceptors (Lipinski definition) is 6. The molecular weight excluding hydrogens is 446 g/mol. The van der Waals surface area contributed by atoms with Gasteiger partial charge >= 0.3 is 0 Å². The van der Waals surface area contributed by atoms with Gasteiger partial charge in [0.05, 0.1) is 17.0 Å². The Bertz CT molecular complexity index is 1130. The van der Waals surface area contributed by atoms with Gasteiger partial charge < -0.3 is 10.0 Å². The van der Waals surface area contributed by atoms with E-state index >= 15 is 0 Å². The number of aliphatic hydroxyl groups is 1. The number of aromatic nitrogens is 1. The molecule has 4 rings (SSSR count). The smallest absolute Gasteiger partial charge is 0.263 e. The third kappa shape index (κ3) is 5.17. The maximum Gasteiger partial charge on any atom is 0.263 e. The molecule has 168 valence electrons. The van der Waals surface area contributed by atoms with Gasteiger partial charge in [-0.3, -0.25) is 9.52 Å². The number of aliphatic hydroxyl groups excluding tert-OH is 1. The van der Waals surface area contributed by atoms with Crippen LogP contribution < -0.4 is 4.72 Å². The molecule has 1 aliphatic rings. The number of rotatable bonds is 7. The number of thiazole rings is 1. The second kappa shape index (κ2) is 9.81. The lowest BCUT2D eigenvalue weighted by Crippen LogP contribution is -2.48. The molecule has 2 N–H and O–H groups in total. The van der Waals surface area contributed by atoms with Crippen molar-refractivity contribution in [1.82, 2.24) is 9.88 Å². The van der Waals surface area contributed by atoms with Crippen LogP contribution in [0.3, 0.4) is 0 Å². The molecule has 7 nitrogen and oxygen atoms in total. The van der Waals surface area contributed by atoms with Gasteiger partial charge in [0.1, 0.15) is 0 Å². The summed E-state index contributed by atoms with van der Waals surface area (Å²) in [6, 6.07) is 15.3. The number of nitrogens with zero attached hydrogens (tertiary/aromatic N) is 2. The molecule has 1 heterocycles. The van der Waals surface area contributed by atoms with Crippen LogP contribution in [0.25, 0.3) is 0 Å². The SMILES string of the molecule is O=C(c1ccc(S(=O)(=O)Nc2nccs2)cc1)N(Cc1ccccc1)C1CCCCC1O. The highest BCUT2D eigenvalue weighted by Gasteiger charge is 2.32. The summed E-state index contributed by atoms with van der Waals surface area (Å²) in [4.78, 5) is 19.2. The standard InChI is InChI=1S/C23H25N3O4S2/c27-21-9-5-4-8-20(21)26(16-17-6-2-1-3-7-17)22(28)18-10-12-19(13-11-18)32(29,30)25-23-24-14-15-31-23/h1-3,6-7,10-15,20-21,27H,4-5,8-9,16H2,(H,24,25). The van der Waals surface area contributed by atoms with Gasteiger partial charge in [-0.2, -0.15) is 0 Å². The molecule has 0 spiro atoms. The van der Waals surface area contributed by atoms with Crippen molar-refractivity contribution >= 4 is 32.4 Å². The number of sulfonamides is 1. The molecule has 1 amide bonds. The molecule has 32 heavy (non-hydrogen) atoms. The van der Waals surface area contributed by atoms with Crippen LogP contribution in [-0.2, 0) is 16.6 Å². The topological polar surface area (TPSA) is 99.6 Å². The first-order chi connectivity index (χ1) is 15.4. The van der Waals surface area contributed by atoms with Gasteiger partial charge in [0.2, 0.25) is 0 Å². The van der Waals surface area contributed by atoms with Crippen LogP contribution in [0.15, 0.2) is 71.1 Å². The van der Waals surface area contributed by atoms with Crippen molar-refractivity contribution in [3.63, 3.8) is 0 Å². The number of nitrogens with one attached hydrogen (secondary N) is 1. The Balaban J connectivity index is 1.57.